The van der Waals surface area contributed by atoms with Crippen LogP contribution in [0.15, 0.2) is 48.5 Å². The van der Waals surface area contributed by atoms with Crippen molar-refractivity contribution in [2.75, 3.05) is 18.5 Å². The lowest BCUT2D eigenvalue weighted by Gasteiger charge is -2.38. The van der Waals surface area contributed by atoms with E-state index in [0.717, 1.165) is 42.0 Å². The third-order valence-electron chi connectivity index (χ3n) is 4.56. The van der Waals surface area contributed by atoms with E-state index in [2.05, 4.69) is 26.1 Å². The Morgan fingerprint density at radius 3 is 2.62 bits per heavy atom. The molecule has 0 fully saturated rings. The van der Waals surface area contributed by atoms with E-state index >= 15 is 0 Å². The van der Waals surface area contributed by atoms with Crippen molar-refractivity contribution in [2.24, 2.45) is 5.92 Å². The Balaban J connectivity index is 1.97. The lowest BCUT2D eigenvalue weighted by atomic mass is 10.0. The summed E-state index contributed by atoms with van der Waals surface area (Å²) in [6.45, 7) is 7.79. The number of nitrogens with one attached hydrogen (secondary N) is 1. The number of hydrogen-bond acceptors (Lipinski definition) is 3. The van der Waals surface area contributed by atoms with E-state index in [4.69, 9.17) is 4.74 Å². The van der Waals surface area contributed by atoms with Crippen molar-refractivity contribution in [1.29, 1.82) is 0 Å². The van der Waals surface area contributed by atoms with Gasteiger partial charge in [0.05, 0.1) is 12.2 Å². The Kier molecular flexibility index (Phi) is 5.82. The second-order valence-corrected chi connectivity index (χ2v) is 7.19. The fourth-order valence-corrected chi connectivity index (χ4v) is 3.19. The van der Waals surface area contributed by atoms with Gasteiger partial charge < -0.3 is 15.0 Å². The van der Waals surface area contributed by atoms with Crippen LogP contribution in [-0.4, -0.2) is 24.0 Å². The van der Waals surface area contributed by atoms with Crippen molar-refractivity contribution in [1.82, 2.24) is 4.90 Å². The maximum absolute atomic E-state index is 13.1. The van der Waals surface area contributed by atoms with Crippen molar-refractivity contribution < 1.29 is 9.53 Å². The van der Waals surface area contributed by atoms with E-state index < -0.39 is 0 Å². The minimum absolute atomic E-state index is 0.0801. The van der Waals surface area contributed by atoms with Crippen LogP contribution in [0.1, 0.15) is 55.7 Å². The topological polar surface area (TPSA) is 41.6 Å². The first-order valence-corrected chi connectivity index (χ1v) is 9.50. The first kappa shape index (κ1) is 18.3. The van der Waals surface area contributed by atoms with Crippen LogP contribution in [-0.2, 0) is 0 Å². The molecule has 1 unspecified atom stereocenters. The number of carbonyl (C=O) groups excluding carboxylic acids is 1. The molecule has 4 nitrogen and oxygen atoms in total. The van der Waals surface area contributed by atoms with Gasteiger partial charge in [0.2, 0.25) is 0 Å². The molecule has 1 aliphatic rings. The highest BCUT2D eigenvalue weighted by Gasteiger charge is 2.33. The highest BCUT2D eigenvalue weighted by atomic mass is 16.5. The van der Waals surface area contributed by atoms with Gasteiger partial charge in [-0.2, -0.15) is 0 Å². The van der Waals surface area contributed by atoms with Crippen molar-refractivity contribution in [3.05, 3.63) is 59.7 Å². The molecule has 2 aromatic rings. The zero-order valence-electron chi connectivity index (χ0n) is 15.9. The van der Waals surface area contributed by atoms with E-state index in [1.807, 2.05) is 53.4 Å². The largest absolute Gasteiger partial charge is 0.493 e. The summed E-state index contributed by atoms with van der Waals surface area (Å²) < 4.78 is 6.05. The Morgan fingerprint density at radius 2 is 1.85 bits per heavy atom. The summed E-state index contributed by atoms with van der Waals surface area (Å²) in [4.78, 5) is 15.1. The molecule has 3 rings (SSSR count). The smallest absolute Gasteiger partial charge is 0.257 e. The van der Waals surface area contributed by atoms with E-state index in [0.29, 0.717) is 12.5 Å². The molecule has 138 valence electrons. The fourth-order valence-electron chi connectivity index (χ4n) is 3.19. The number of ether oxygens (including phenoxy) is 1. The molecule has 2 aromatic carbocycles. The second kappa shape index (κ2) is 8.26. The van der Waals surface area contributed by atoms with Crippen molar-refractivity contribution in [3.63, 3.8) is 0 Å². The lowest BCUT2D eigenvalue weighted by molar-refractivity contribution is 0.0677. The predicted octanol–water partition coefficient (Wildman–Crippen LogP) is 5.09. The van der Waals surface area contributed by atoms with Crippen LogP contribution in [0.2, 0.25) is 0 Å². The zero-order chi connectivity index (χ0) is 18.5. The third kappa shape index (κ3) is 3.85. The van der Waals surface area contributed by atoms with Crippen LogP contribution < -0.4 is 10.1 Å². The normalized spacial score (nSPS) is 16.4. The number of carbonyl (C=O) groups is 1. The minimum Gasteiger partial charge on any atom is -0.493 e. The molecule has 1 N–H and O–H groups in total. The average molecular weight is 352 g/mol. The van der Waals surface area contributed by atoms with Crippen molar-refractivity contribution in [2.45, 2.75) is 39.8 Å². The summed E-state index contributed by atoms with van der Waals surface area (Å²) >= 11 is 0. The Labute approximate surface area is 156 Å². The number of nitrogens with zero attached hydrogens (tertiary/aromatic N) is 1. The SMILES string of the molecule is CCCCN1C(=O)c2ccccc2NC1c1ccccc1OCC(C)C. The van der Waals surface area contributed by atoms with Gasteiger partial charge in [-0.05, 0) is 30.5 Å². The summed E-state index contributed by atoms with van der Waals surface area (Å²) in [5, 5.41) is 3.56. The standard InChI is InChI=1S/C22H28N2O2/c1-4-5-14-24-21(23-19-12-8-6-10-17(19)22(24)25)18-11-7-9-13-20(18)26-15-16(2)3/h6-13,16,21,23H,4-5,14-15H2,1-3H3. The summed E-state index contributed by atoms with van der Waals surface area (Å²) in [6.07, 6.45) is 1.80. The van der Waals surface area contributed by atoms with Crippen molar-refractivity contribution in [3.8, 4) is 5.75 Å². The van der Waals surface area contributed by atoms with Gasteiger partial charge in [0.1, 0.15) is 11.9 Å². The van der Waals surface area contributed by atoms with Crippen LogP contribution in [0.4, 0.5) is 5.69 Å². The molecule has 1 amide bonds. The van der Waals surface area contributed by atoms with Gasteiger partial charge in [-0.3, -0.25) is 4.79 Å². The Morgan fingerprint density at radius 1 is 1.12 bits per heavy atom. The molecular weight excluding hydrogens is 324 g/mol. The van der Waals surface area contributed by atoms with Crippen LogP contribution >= 0.6 is 0 Å². The molecule has 4 heteroatoms. The quantitative estimate of drug-likeness (QED) is 0.755. The van der Waals surface area contributed by atoms with Gasteiger partial charge in [0, 0.05) is 17.8 Å². The van der Waals surface area contributed by atoms with E-state index in [-0.39, 0.29) is 12.1 Å². The molecule has 1 atom stereocenters. The Bertz CT molecular complexity index is 757. The number of para-hydroxylation sites is 2. The number of amides is 1. The predicted molar refractivity (Wildman–Crippen MR) is 106 cm³/mol. The molecule has 0 radical (unpaired) electrons. The highest BCUT2D eigenvalue weighted by Crippen LogP contribution is 2.37. The van der Waals surface area contributed by atoms with Gasteiger partial charge in [-0.15, -0.1) is 0 Å². The minimum atomic E-state index is -0.215. The van der Waals surface area contributed by atoms with Crippen molar-refractivity contribution >= 4 is 11.6 Å². The second-order valence-electron chi connectivity index (χ2n) is 7.19. The van der Waals surface area contributed by atoms with Gasteiger partial charge >= 0.3 is 0 Å². The lowest BCUT2D eigenvalue weighted by Crippen LogP contribution is -2.43. The van der Waals surface area contributed by atoms with Crippen LogP contribution in [0, 0.1) is 5.92 Å². The first-order valence-electron chi connectivity index (χ1n) is 9.50. The number of fused-ring (bicyclic) bond motifs is 1. The molecule has 0 saturated heterocycles. The number of benzene rings is 2. The third-order valence-corrected chi connectivity index (χ3v) is 4.56. The van der Waals surface area contributed by atoms with Gasteiger partial charge in [0.25, 0.3) is 5.91 Å². The fraction of sp³-hybridized carbons (Fsp3) is 0.409. The van der Waals surface area contributed by atoms with Gasteiger partial charge in [-0.25, -0.2) is 0 Å². The molecule has 0 aliphatic carbocycles. The van der Waals surface area contributed by atoms with E-state index in [9.17, 15) is 4.79 Å². The Hall–Kier alpha value is -2.49. The molecule has 0 aromatic heterocycles. The number of anilines is 1. The van der Waals surface area contributed by atoms with Crippen LogP contribution in [0.25, 0.3) is 0 Å². The summed E-state index contributed by atoms with van der Waals surface area (Å²) in [6, 6.07) is 15.7. The molecule has 1 aliphatic heterocycles. The van der Waals surface area contributed by atoms with Gasteiger partial charge in [0.15, 0.2) is 0 Å². The molecular formula is C22H28N2O2. The molecule has 0 saturated carbocycles. The summed E-state index contributed by atoms with van der Waals surface area (Å²) in [5.41, 5.74) is 2.63. The van der Waals surface area contributed by atoms with Gasteiger partial charge in [-0.1, -0.05) is 57.5 Å². The van der Waals surface area contributed by atoms with E-state index in [1.165, 1.54) is 0 Å². The highest BCUT2D eigenvalue weighted by molar-refractivity contribution is 6.01. The molecule has 0 bridgehead atoms. The summed E-state index contributed by atoms with van der Waals surface area (Å²) in [7, 11) is 0. The molecule has 1 heterocycles. The number of unbranched alkanes of at least 4 members (excludes halogenated alkanes) is 1. The monoisotopic (exact) mass is 352 g/mol. The van der Waals surface area contributed by atoms with Crippen LogP contribution in [0.3, 0.4) is 0 Å². The van der Waals surface area contributed by atoms with Crippen LogP contribution in [0.5, 0.6) is 5.75 Å². The maximum atomic E-state index is 13.1. The first-order chi connectivity index (χ1) is 12.6. The maximum Gasteiger partial charge on any atom is 0.257 e. The summed E-state index contributed by atoms with van der Waals surface area (Å²) in [5.74, 6) is 1.37. The zero-order valence-corrected chi connectivity index (χ0v) is 15.9. The molecule has 26 heavy (non-hydrogen) atoms. The van der Waals surface area contributed by atoms with E-state index in [1.54, 1.807) is 0 Å². The number of hydrogen-bond donors (Lipinski definition) is 1. The average Bonchev–Trinajstić information content (AvgIpc) is 2.66. The molecule has 0 spiro atoms. The number of rotatable bonds is 7.